The first-order valence-electron chi connectivity index (χ1n) is 9.59. The second-order valence-electron chi connectivity index (χ2n) is 6.98. The summed E-state index contributed by atoms with van der Waals surface area (Å²) in [6, 6.07) is 16.1. The number of aromatic nitrogens is 2. The van der Waals surface area contributed by atoms with Crippen LogP contribution in [-0.2, 0) is 11.3 Å². The number of benzene rings is 2. The Labute approximate surface area is 190 Å². The third-order valence-electron chi connectivity index (χ3n) is 4.79. The molecule has 0 spiro atoms. The van der Waals surface area contributed by atoms with Crippen molar-refractivity contribution in [1.29, 1.82) is 0 Å². The van der Waals surface area contributed by atoms with Crippen LogP contribution in [0.3, 0.4) is 0 Å². The lowest BCUT2D eigenvalue weighted by molar-refractivity contribution is -0.136. The quantitative estimate of drug-likeness (QED) is 0.344. The van der Waals surface area contributed by atoms with Crippen molar-refractivity contribution < 1.29 is 14.4 Å². The van der Waals surface area contributed by atoms with Gasteiger partial charge < -0.3 is 14.9 Å². The van der Waals surface area contributed by atoms with Gasteiger partial charge in [-0.05, 0) is 58.1 Å². The highest BCUT2D eigenvalue weighted by Gasteiger charge is 2.12. The molecule has 6 nitrogen and oxygen atoms in total. The summed E-state index contributed by atoms with van der Waals surface area (Å²) in [6.45, 7) is 3.13. The van der Waals surface area contributed by atoms with E-state index in [0.29, 0.717) is 24.8 Å². The molecule has 2 aromatic heterocycles. The van der Waals surface area contributed by atoms with Crippen LogP contribution in [0.25, 0.3) is 34.0 Å². The number of rotatable bonds is 8. The summed E-state index contributed by atoms with van der Waals surface area (Å²) in [4.78, 5) is 15.1. The Bertz CT molecular complexity index is 1140. The molecule has 4 rings (SSSR count). The van der Waals surface area contributed by atoms with Crippen LogP contribution in [0.5, 0.6) is 0 Å². The lowest BCUT2D eigenvalue weighted by atomic mass is 10.0. The van der Waals surface area contributed by atoms with Gasteiger partial charge in [0.1, 0.15) is 0 Å². The number of carboxylic acid groups (broad SMARTS) is 1. The van der Waals surface area contributed by atoms with Crippen molar-refractivity contribution in [3.63, 3.8) is 0 Å². The van der Waals surface area contributed by atoms with Crippen LogP contribution in [0, 0.1) is 6.92 Å². The van der Waals surface area contributed by atoms with Crippen molar-refractivity contribution in [2.75, 3.05) is 6.54 Å². The van der Waals surface area contributed by atoms with Crippen molar-refractivity contribution >= 4 is 29.7 Å². The minimum atomic E-state index is -0.804. The van der Waals surface area contributed by atoms with Gasteiger partial charge in [0.15, 0.2) is 0 Å². The Kier molecular flexibility index (Phi) is 7.57. The first kappa shape index (κ1) is 22.7. The SMILES string of the molecule is Cc1cc(-c2nc(-c3ccc(CNCCC(=O)O)cc3)no2)ccc1-c1ccsc1.Cl. The van der Waals surface area contributed by atoms with Gasteiger partial charge in [0, 0.05) is 24.2 Å². The summed E-state index contributed by atoms with van der Waals surface area (Å²) in [7, 11) is 0. The highest BCUT2D eigenvalue weighted by molar-refractivity contribution is 7.08. The number of halogens is 1. The van der Waals surface area contributed by atoms with E-state index < -0.39 is 5.97 Å². The smallest absolute Gasteiger partial charge is 0.304 e. The normalized spacial score (nSPS) is 10.6. The van der Waals surface area contributed by atoms with Crippen LogP contribution in [0.15, 0.2) is 63.8 Å². The van der Waals surface area contributed by atoms with Crippen LogP contribution >= 0.6 is 23.7 Å². The first-order chi connectivity index (χ1) is 14.6. The Morgan fingerprint density at radius 3 is 2.55 bits per heavy atom. The second-order valence-corrected chi connectivity index (χ2v) is 7.76. The minimum Gasteiger partial charge on any atom is -0.481 e. The zero-order valence-corrected chi connectivity index (χ0v) is 18.5. The van der Waals surface area contributed by atoms with Gasteiger partial charge in [0.2, 0.25) is 5.82 Å². The Hall–Kier alpha value is -3.00. The maximum absolute atomic E-state index is 10.5. The number of aliphatic carboxylic acids is 1. The standard InChI is InChI=1S/C23H21N3O3S.ClH/c1-15-12-18(6-7-20(15)19-9-11-30-14-19)23-25-22(26-29-23)17-4-2-16(3-5-17)13-24-10-8-21(27)28;/h2-7,9,11-12,14,24H,8,10,13H2,1H3,(H,27,28);1H. The maximum atomic E-state index is 10.5. The Morgan fingerprint density at radius 1 is 1.10 bits per heavy atom. The molecular weight excluding hydrogens is 434 g/mol. The molecule has 0 unspecified atom stereocenters. The summed E-state index contributed by atoms with van der Waals surface area (Å²) < 4.78 is 5.50. The van der Waals surface area contributed by atoms with Gasteiger partial charge in [-0.1, -0.05) is 35.5 Å². The fraction of sp³-hybridized carbons (Fsp3) is 0.174. The van der Waals surface area contributed by atoms with Gasteiger partial charge in [-0.15, -0.1) is 12.4 Å². The monoisotopic (exact) mass is 455 g/mol. The number of hydrogen-bond acceptors (Lipinski definition) is 6. The van der Waals surface area contributed by atoms with Gasteiger partial charge in [-0.2, -0.15) is 16.3 Å². The molecule has 31 heavy (non-hydrogen) atoms. The predicted octanol–water partition coefficient (Wildman–Crippen LogP) is 5.43. The minimum absolute atomic E-state index is 0. The third-order valence-corrected chi connectivity index (χ3v) is 5.47. The van der Waals surface area contributed by atoms with E-state index in [-0.39, 0.29) is 18.8 Å². The number of aryl methyl sites for hydroxylation is 1. The van der Waals surface area contributed by atoms with Gasteiger partial charge in [0.05, 0.1) is 6.42 Å². The molecule has 4 aromatic rings. The molecule has 0 amide bonds. The molecule has 160 valence electrons. The molecule has 0 saturated carbocycles. The molecule has 0 atom stereocenters. The summed E-state index contributed by atoms with van der Waals surface area (Å²) in [5, 5.41) is 20.1. The lowest BCUT2D eigenvalue weighted by Gasteiger charge is -2.05. The van der Waals surface area contributed by atoms with E-state index in [4.69, 9.17) is 9.63 Å². The van der Waals surface area contributed by atoms with Crippen LogP contribution < -0.4 is 5.32 Å². The molecule has 0 fully saturated rings. The van der Waals surface area contributed by atoms with Crippen LogP contribution in [-0.4, -0.2) is 27.8 Å². The zero-order chi connectivity index (χ0) is 20.9. The van der Waals surface area contributed by atoms with E-state index in [1.54, 1.807) is 11.3 Å². The molecule has 0 bridgehead atoms. The molecule has 0 saturated heterocycles. The topological polar surface area (TPSA) is 88.2 Å². The average molecular weight is 456 g/mol. The average Bonchev–Trinajstić information content (AvgIpc) is 3.44. The number of carbonyl (C=O) groups is 1. The van der Waals surface area contributed by atoms with Gasteiger partial charge in [-0.3, -0.25) is 4.79 Å². The van der Waals surface area contributed by atoms with E-state index in [1.807, 2.05) is 30.3 Å². The molecule has 2 aromatic carbocycles. The summed E-state index contributed by atoms with van der Waals surface area (Å²) >= 11 is 1.68. The number of nitrogens with one attached hydrogen (secondary N) is 1. The fourth-order valence-electron chi connectivity index (χ4n) is 3.20. The molecule has 0 aliphatic heterocycles. The van der Waals surface area contributed by atoms with E-state index >= 15 is 0 Å². The molecule has 8 heteroatoms. The predicted molar refractivity (Wildman–Crippen MR) is 124 cm³/mol. The fourth-order valence-corrected chi connectivity index (χ4v) is 3.85. The number of carboxylic acids is 1. The van der Waals surface area contributed by atoms with Crippen molar-refractivity contribution in [2.24, 2.45) is 0 Å². The molecule has 0 aliphatic rings. The summed E-state index contributed by atoms with van der Waals surface area (Å²) in [5.74, 6) is 0.224. The maximum Gasteiger partial charge on any atom is 0.304 e. The molecular formula is C23H22ClN3O3S. The zero-order valence-electron chi connectivity index (χ0n) is 16.9. The van der Waals surface area contributed by atoms with E-state index in [9.17, 15) is 4.79 Å². The molecule has 2 heterocycles. The van der Waals surface area contributed by atoms with E-state index in [1.165, 1.54) is 11.1 Å². The Balaban J connectivity index is 0.00000272. The molecule has 0 aliphatic carbocycles. The number of hydrogen-bond donors (Lipinski definition) is 2. The second kappa shape index (κ2) is 10.3. The van der Waals surface area contributed by atoms with Crippen molar-refractivity contribution in [2.45, 2.75) is 19.9 Å². The lowest BCUT2D eigenvalue weighted by Crippen LogP contribution is -2.17. The Morgan fingerprint density at radius 2 is 1.87 bits per heavy atom. The highest BCUT2D eigenvalue weighted by Crippen LogP contribution is 2.30. The van der Waals surface area contributed by atoms with Gasteiger partial charge >= 0.3 is 5.97 Å². The van der Waals surface area contributed by atoms with Crippen molar-refractivity contribution in [3.8, 4) is 34.0 Å². The molecule has 0 radical (unpaired) electrons. The van der Waals surface area contributed by atoms with Crippen molar-refractivity contribution in [1.82, 2.24) is 15.5 Å². The van der Waals surface area contributed by atoms with Crippen LogP contribution in [0.1, 0.15) is 17.5 Å². The van der Waals surface area contributed by atoms with E-state index in [0.717, 1.165) is 22.3 Å². The highest BCUT2D eigenvalue weighted by atomic mass is 35.5. The van der Waals surface area contributed by atoms with E-state index in [2.05, 4.69) is 51.3 Å². The summed E-state index contributed by atoms with van der Waals surface area (Å²) in [6.07, 6.45) is 0.109. The van der Waals surface area contributed by atoms with Gasteiger partial charge in [-0.25, -0.2) is 0 Å². The largest absolute Gasteiger partial charge is 0.481 e. The first-order valence-corrected chi connectivity index (χ1v) is 10.5. The van der Waals surface area contributed by atoms with Crippen molar-refractivity contribution in [3.05, 3.63) is 70.4 Å². The number of nitrogens with zero attached hydrogens (tertiary/aromatic N) is 2. The number of thiophene rings is 1. The van der Waals surface area contributed by atoms with Crippen LogP contribution in [0.4, 0.5) is 0 Å². The summed E-state index contributed by atoms with van der Waals surface area (Å²) in [5.41, 5.74) is 6.40. The van der Waals surface area contributed by atoms with Crippen LogP contribution in [0.2, 0.25) is 0 Å². The third kappa shape index (κ3) is 5.58. The molecule has 2 N–H and O–H groups in total. The van der Waals surface area contributed by atoms with Gasteiger partial charge in [0.25, 0.3) is 5.89 Å².